The normalized spacial score (nSPS) is 17.3. The number of nitro benzene ring substituents is 1. The third-order valence-electron chi connectivity index (χ3n) is 4.53. The Kier molecular flexibility index (Phi) is 5.13. The molecule has 0 N–H and O–H groups in total. The molecule has 1 heterocycles. The summed E-state index contributed by atoms with van der Waals surface area (Å²) in [6.07, 6.45) is 4.30. The lowest BCUT2D eigenvalue weighted by Gasteiger charge is -2.30. The van der Waals surface area contributed by atoms with E-state index < -0.39 is 10.5 Å². The predicted octanol–water partition coefficient (Wildman–Crippen LogP) is 4.47. The molecule has 0 atom stereocenters. The third-order valence-corrected chi connectivity index (χ3v) is 4.53. The summed E-state index contributed by atoms with van der Waals surface area (Å²) >= 11 is 0. The molecule has 1 saturated carbocycles. The van der Waals surface area contributed by atoms with Crippen molar-refractivity contribution in [2.75, 3.05) is 13.1 Å². The highest BCUT2D eigenvalue weighted by Gasteiger charge is 2.29. The number of carbonyl (C=O) groups is 1. The van der Waals surface area contributed by atoms with Gasteiger partial charge in [-0.25, -0.2) is 4.79 Å². The maximum absolute atomic E-state index is 12.2. The van der Waals surface area contributed by atoms with Crippen LogP contribution in [0, 0.1) is 17.0 Å². The maximum atomic E-state index is 12.2. The number of aryl methyl sites for hydroxylation is 1. The fraction of sp³-hybridized carbons (Fsp3) is 0.550. The van der Waals surface area contributed by atoms with Gasteiger partial charge in [0.1, 0.15) is 5.60 Å². The van der Waals surface area contributed by atoms with E-state index in [9.17, 15) is 14.9 Å². The minimum Gasteiger partial charge on any atom is -0.483 e. The molecule has 1 aromatic carbocycles. The van der Waals surface area contributed by atoms with Gasteiger partial charge in [-0.05, 0) is 69.7 Å². The molecule has 0 aromatic heterocycles. The van der Waals surface area contributed by atoms with Crippen LogP contribution in [-0.2, 0) is 4.74 Å². The number of nitrogens with zero attached hydrogens (tertiary/aromatic N) is 2. The summed E-state index contributed by atoms with van der Waals surface area (Å²) in [7, 11) is 0. The zero-order valence-corrected chi connectivity index (χ0v) is 16.3. The molecule has 1 aliphatic carbocycles. The van der Waals surface area contributed by atoms with Gasteiger partial charge in [-0.1, -0.05) is 6.08 Å². The molecule has 0 spiro atoms. The van der Waals surface area contributed by atoms with Crippen LogP contribution in [0.5, 0.6) is 5.75 Å². The average molecular weight is 374 g/mol. The third kappa shape index (κ3) is 4.78. The largest absolute Gasteiger partial charge is 0.483 e. The molecule has 1 amide bonds. The van der Waals surface area contributed by atoms with E-state index >= 15 is 0 Å². The van der Waals surface area contributed by atoms with E-state index in [1.165, 1.54) is 0 Å². The Morgan fingerprint density at radius 1 is 1.30 bits per heavy atom. The molecule has 1 aromatic rings. The number of nitro groups is 1. The lowest BCUT2D eigenvalue weighted by molar-refractivity contribution is -0.386. The van der Waals surface area contributed by atoms with Gasteiger partial charge in [0.2, 0.25) is 0 Å². The first-order valence-electron chi connectivity index (χ1n) is 9.27. The van der Waals surface area contributed by atoms with Crippen molar-refractivity contribution >= 4 is 17.4 Å². The first-order chi connectivity index (χ1) is 12.6. The lowest BCUT2D eigenvalue weighted by atomic mass is 9.95. The molecule has 7 nitrogen and oxygen atoms in total. The Hall–Kier alpha value is -2.57. The Morgan fingerprint density at radius 3 is 2.52 bits per heavy atom. The zero-order chi connectivity index (χ0) is 19.8. The summed E-state index contributed by atoms with van der Waals surface area (Å²) in [4.78, 5) is 24.8. The van der Waals surface area contributed by atoms with Gasteiger partial charge < -0.3 is 14.4 Å². The number of hydrogen-bond acceptors (Lipinski definition) is 5. The molecule has 0 bridgehead atoms. The standard InChI is InChI=1S/C20H26N2O5/c1-13-11-17(22(24)25)18(26-15-5-6-15)12-16(13)14-7-9-21(10-8-14)19(23)27-20(2,3)4/h7,11-12,15H,5-6,8-10H2,1-4H3. The smallest absolute Gasteiger partial charge is 0.410 e. The van der Waals surface area contributed by atoms with Crippen LogP contribution in [0.2, 0.25) is 0 Å². The fourth-order valence-electron chi connectivity index (χ4n) is 3.03. The second-order valence-corrected chi connectivity index (χ2v) is 8.11. The highest BCUT2D eigenvalue weighted by atomic mass is 16.6. The highest BCUT2D eigenvalue weighted by molar-refractivity contribution is 5.75. The summed E-state index contributed by atoms with van der Waals surface area (Å²) in [6, 6.07) is 3.36. The van der Waals surface area contributed by atoms with Crippen LogP contribution in [0.15, 0.2) is 18.2 Å². The van der Waals surface area contributed by atoms with Crippen LogP contribution in [0.4, 0.5) is 10.5 Å². The highest BCUT2D eigenvalue weighted by Crippen LogP contribution is 2.38. The van der Waals surface area contributed by atoms with Crippen molar-refractivity contribution < 1.29 is 19.2 Å². The van der Waals surface area contributed by atoms with Gasteiger partial charge in [0, 0.05) is 19.2 Å². The minimum absolute atomic E-state index is 0.00920. The fourth-order valence-corrected chi connectivity index (χ4v) is 3.03. The summed E-state index contributed by atoms with van der Waals surface area (Å²) < 4.78 is 11.2. The molecule has 1 fully saturated rings. The van der Waals surface area contributed by atoms with E-state index in [-0.39, 0.29) is 17.9 Å². The number of amides is 1. The lowest BCUT2D eigenvalue weighted by Crippen LogP contribution is -2.39. The average Bonchev–Trinajstić information content (AvgIpc) is 3.38. The van der Waals surface area contributed by atoms with E-state index in [0.717, 1.165) is 29.5 Å². The number of benzene rings is 1. The molecular weight excluding hydrogens is 348 g/mol. The van der Waals surface area contributed by atoms with E-state index in [0.29, 0.717) is 25.3 Å². The monoisotopic (exact) mass is 374 g/mol. The molecule has 3 rings (SSSR count). The van der Waals surface area contributed by atoms with E-state index in [1.807, 2.05) is 33.8 Å². The van der Waals surface area contributed by atoms with Gasteiger partial charge in [-0.15, -0.1) is 0 Å². The van der Waals surface area contributed by atoms with Crippen LogP contribution >= 0.6 is 0 Å². The van der Waals surface area contributed by atoms with Gasteiger partial charge in [-0.3, -0.25) is 10.1 Å². The Labute approximate surface area is 159 Å². The molecule has 146 valence electrons. The van der Waals surface area contributed by atoms with Gasteiger partial charge in [0.15, 0.2) is 5.75 Å². The molecule has 0 unspecified atom stereocenters. The van der Waals surface area contributed by atoms with Crippen LogP contribution in [0.1, 0.15) is 51.2 Å². The van der Waals surface area contributed by atoms with Crippen molar-refractivity contribution in [3.05, 3.63) is 39.4 Å². The zero-order valence-electron chi connectivity index (χ0n) is 16.3. The van der Waals surface area contributed by atoms with Gasteiger partial charge in [0.05, 0.1) is 11.0 Å². The summed E-state index contributed by atoms with van der Waals surface area (Å²) in [6.45, 7) is 8.41. The molecule has 7 heteroatoms. The van der Waals surface area contributed by atoms with Crippen LogP contribution < -0.4 is 4.74 Å². The van der Waals surface area contributed by atoms with Crippen LogP contribution in [0.3, 0.4) is 0 Å². The second-order valence-electron chi connectivity index (χ2n) is 8.11. The summed E-state index contributed by atoms with van der Waals surface area (Å²) in [5, 5.41) is 11.3. The first-order valence-corrected chi connectivity index (χ1v) is 9.27. The molecule has 0 saturated heterocycles. The van der Waals surface area contributed by atoms with Gasteiger partial charge in [0.25, 0.3) is 0 Å². The topological polar surface area (TPSA) is 81.9 Å². The molecule has 0 radical (unpaired) electrons. The van der Waals surface area contributed by atoms with Crippen molar-refractivity contribution in [1.29, 1.82) is 0 Å². The molecule has 2 aliphatic rings. The predicted molar refractivity (Wildman–Crippen MR) is 102 cm³/mol. The number of hydrogen-bond donors (Lipinski definition) is 0. The quantitative estimate of drug-likeness (QED) is 0.574. The Bertz CT molecular complexity index is 790. The second kappa shape index (κ2) is 7.21. The number of ether oxygens (including phenoxy) is 2. The van der Waals surface area contributed by atoms with Crippen LogP contribution in [-0.4, -0.2) is 40.7 Å². The maximum Gasteiger partial charge on any atom is 0.410 e. The van der Waals surface area contributed by atoms with Crippen molar-refractivity contribution in [3.8, 4) is 5.75 Å². The Balaban J connectivity index is 1.80. The first kappa shape index (κ1) is 19.2. The molecule has 27 heavy (non-hydrogen) atoms. The summed E-state index contributed by atoms with van der Waals surface area (Å²) in [5.41, 5.74) is 2.34. The van der Waals surface area contributed by atoms with E-state index in [1.54, 1.807) is 17.0 Å². The SMILES string of the molecule is Cc1cc([N+](=O)[O-])c(OC2CC2)cc1C1=CCN(C(=O)OC(C)(C)C)CC1. The van der Waals surface area contributed by atoms with Crippen molar-refractivity contribution in [3.63, 3.8) is 0 Å². The van der Waals surface area contributed by atoms with Crippen LogP contribution in [0.25, 0.3) is 5.57 Å². The summed E-state index contributed by atoms with van der Waals surface area (Å²) in [5.74, 6) is 0.332. The van der Waals surface area contributed by atoms with Gasteiger partial charge >= 0.3 is 11.8 Å². The molecule has 1 aliphatic heterocycles. The molecular formula is C20H26N2O5. The van der Waals surface area contributed by atoms with E-state index in [4.69, 9.17) is 9.47 Å². The van der Waals surface area contributed by atoms with E-state index in [2.05, 4.69) is 0 Å². The minimum atomic E-state index is -0.523. The number of rotatable bonds is 4. The Morgan fingerprint density at radius 2 is 2.00 bits per heavy atom. The van der Waals surface area contributed by atoms with Gasteiger partial charge in [-0.2, -0.15) is 0 Å². The number of carbonyl (C=O) groups excluding carboxylic acids is 1. The van der Waals surface area contributed by atoms with Crippen molar-refractivity contribution in [2.24, 2.45) is 0 Å². The van der Waals surface area contributed by atoms with Crippen molar-refractivity contribution in [1.82, 2.24) is 4.90 Å². The van der Waals surface area contributed by atoms with Crippen molar-refractivity contribution in [2.45, 2.75) is 58.7 Å².